The number of rotatable bonds is 6. The highest BCUT2D eigenvalue weighted by Gasteiger charge is 2.13. The van der Waals surface area contributed by atoms with Crippen molar-refractivity contribution in [3.63, 3.8) is 0 Å². The molecule has 3 N–H and O–H groups in total. The van der Waals surface area contributed by atoms with Crippen LogP contribution in [0.15, 0.2) is 54.6 Å². The first-order valence-electron chi connectivity index (χ1n) is 7.19. The van der Waals surface area contributed by atoms with E-state index in [1.54, 1.807) is 23.1 Å². The van der Waals surface area contributed by atoms with E-state index in [0.717, 1.165) is 5.56 Å². The van der Waals surface area contributed by atoms with Gasteiger partial charge < -0.3 is 16.0 Å². The van der Waals surface area contributed by atoms with Crippen LogP contribution in [0.2, 0.25) is 0 Å². The third kappa shape index (κ3) is 5.34. The van der Waals surface area contributed by atoms with Crippen molar-refractivity contribution in [2.24, 2.45) is 5.73 Å². The number of hydrogen-bond donors (Lipinski definition) is 2. The summed E-state index contributed by atoms with van der Waals surface area (Å²) in [4.78, 5) is 12.9. The molecule has 0 heterocycles. The third-order valence-corrected chi connectivity index (χ3v) is 3.61. The summed E-state index contributed by atoms with van der Waals surface area (Å²) in [5.41, 5.74) is 6.56. The van der Waals surface area contributed by atoms with Crippen LogP contribution in [0.25, 0.3) is 0 Å². The maximum absolute atomic E-state index is 13.7. The summed E-state index contributed by atoms with van der Waals surface area (Å²) in [6.07, 6.45) is 0.173. The molecular weight excluding hydrogens is 313 g/mol. The highest BCUT2D eigenvalue weighted by atomic mass is 32.1. The lowest BCUT2D eigenvalue weighted by molar-refractivity contribution is -0.118. The van der Waals surface area contributed by atoms with Gasteiger partial charge in [-0.3, -0.25) is 4.79 Å². The fourth-order valence-electron chi connectivity index (χ4n) is 2.06. The number of halogens is 1. The van der Waals surface area contributed by atoms with Crippen LogP contribution in [0, 0.1) is 5.82 Å². The van der Waals surface area contributed by atoms with E-state index < -0.39 is 5.91 Å². The van der Waals surface area contributed by atoms with Crippen LogP contribution in [0.4, 0.5) is 10.1 Å². The maximum Gasteiger partial charge on any atom is 0.219 e. The van der Waals surface area contributed by atoms with Crippen molar-refractivity contribution in [2.45, 2.75) is 13.0 Å². The molecule has 0 radical (unpaired) electrons. The number of carbonyl (C=O) groups is 1. The minimum Gasteiger partial charge on any atom is -0.370 e. The quantitative estimate of drug-likeness (QED) is 0.799. The fourth-order valence-corrected chi connectivity index (χ4v) is 2.32. The highest BCUT2D eigenvalue weighted by molar-refractivity contribution is 7.80. The van der Waals surface area contributed by atoms with Crippen LogP contribution in [0.5, 0.6) is 0 Å². The number of thiocarbonyl (C=S) groups is 1. The van der Waals surface area contributed by atoms with Gasteiger partial charge in [-0.05, 0) is 29.9 Å². The second-order valence-electron chi connectivity index (χ2n) is 5.03. The molecular formula is C17H18FN3OS. The van der Waals surface area contributed by atoms with E-state index in [2.05, 4.69) is 5.32 Å². The molecule has 0 saturated carbocycles. The Hall–Kier alpha value is -2.47. The van der Waals surface area contributed by atoms with Gasteiger partial charge >= 0.3 is 0 Å². The molecule has 120 valence electrons. The summed E-state index contributed by atoms with van der Waals surface area (Å²) in [7, 11) is 0. The van der Waals surface area contributed by atoms with E-state index in [1.807, 2.05) is 30.3 Å². The molecule has 0 aliphatic rings. The molecule has 0 atom stereocenters. The van der Waals surface area contributed by atoms with Gasteiger partial charge in [0.25, 0.3) is 0 Å². The van der Waals surface area contributed by atoms with E-state index in [4.69, 9.17) is 18.0 Å². The van der Waals surface area contributed by atoms with Gasteiger partial charge in [-0.2, -0.15) is 0 Å². The van der Waals surface area contributed by atoms with Crippen molar-refractivity contribution >= 4 is 28.9 Å². The zero-order valence-corrected chi connectivity index (χ0v) is 13.4. The van der Waals surface area contributed by atoms with Crippen LogP contribution in [-0.4, -0.2) is 22.5 Å². The predicted molar refractivity (Wildman–Crippen MR) is 93.3 cm³/mol. The second-order valence-corrected chi connectivity index (χ2v) is 5.42. The number of anilines is 1. The van der Waals surface area contributed by atoms with Gasteiger partial charge in [0.05, 0.1) is 5.69 Å². The number of amides is 1. The average Bonchev–Trinajstić information content (AvgIpc) is 2.54. The molecule has 2 rings (SSSR count). The molecule has 6 heteroatoms. The van der Waals surface area contributed by atoms with Crippen molar-refractivity contribution in [1.29, 1.82) is 0 Å². The monoisotopic (exact) mass is 331 g/mol. The topological polar surface area (TPSA) is 58.4 Å². The molecule has 4 nitrogen and oxygen atoms in total. The number of hydrogen-bond acceptors (Lipinski definition) is 2. The predicted octanol–water partition coefficient (Wildman–Crippen LogP) is 2.90. The van der Waals surface area contributed by atoms with E-state index >= 15 is 0 Å². The molecule has 0 aliphatic heterocycles. The van der Waals surface area contributed by atoms with Crippen LogP contribution in [0.3, 0.4) is 0 Å². The Balaban J connectivity index is 2.10. The molecule has 0 aromatic heterocycles. The first-order valence-corrected chi connectivity index (χ1v) is 7.60. The minimum atomic E-state index is -0.406. The van der Waals surface area contributed by atoms with Gasteiger partial charge in [0.15, 0.2) is 5.11 Å². The number of nitrogens with one attached hydrogen (secondary N) is 1. The first-order chi connectivity index (χ1) is 11.1. The average molecular weight is 331 g/mol. The SMILES string of the molecule is NC(=O)CCN(Cc1ccccc1)C(=S)Nc1ccccc1F. The van der Waals surface area contributed by atoms with Gasteiger partial charge in [0.2, 0.25) is 5.91 Å². The number of benzene rings is 2. The van der Waals surface area contributed by atoms with E-state index in [1.165, 1.54) is 6.07 Å². The summed E-state index contributed by atoms with van der Waals surface area (Å²) in [6.45, 7) is 0.874. The molecule has 2 aromatic carbocycles. The molecule has 0 spiro atoms. The smallest absolute Gasteiger partial charge is 0.219 e. The summed E-state index contributed by atoms with van der Waals surface area (Å²) >= 11 is 5.36. The lowest BCUT2D eigenvalue weighted by Gasteiger charge is -2.25. The van der Waals surface area contributed by atoms with E-state index in [0.29, 0.717) is 23.9 Å². The largest absolute Gasteiger partial charge is 0.370 e. The number of carbonyl (C=O) groups excluding carboxylic acids is 1. The van der Waals surface area contributed by atoms with E-state index in [9.17, 15) is 9.18 Å². The van der Waals surface area contributed by atoms with Crippen molar-refractivity contribution < 1.29 is 9.18 Å². The normalized spacial score (nSPS) is 10.1. The lowest BCUT2D eigenvalue weighted by atomic mass is 10.2. The molecule has 0 aliphatic carbocycles. The van der Waals surface area contributed by atoms with Crippen LogP contribution in [-0.2, 0) is 11.3 Å². The Morgan fingerprint density at radius 3 is 2.43 bits per heavy atom. The Kier molecular flexibility index (Phi) is 6.05. The lowest BCUT2D eigenvalue weighted by Crippen LogP contribution is -2.36. The minimum absolute atomic E-state index is 0.173. The summed E-state index contributed by atoms with van der Waals surface area (Å²) in [5, 5.41) is 3.23. The zero-order chi connectivity index (χ0) is 16.7. The van der Waals surface area contributed by atoms with Gasteiger partial charge in [-0.1, -0.05) is 42.5 Å². The van der Waals surface area contributed by atoms with Crippen molar-refractivity contribution in [2.75, 3.05) is 11.9 Å². The van der Waals surface area contributed by atoms with Gasteiger partial charge in [0, 0.05) is 19.5 Å². The Bertz CT molecular complexity index is 679. The highest BCUT2D eigenvalue weighted by Crippen LogP contribution is 2.14. The standard InChI is InChI=1S/C17H18FN3OS/c18-14-8-4-5-9-15(14)20-17(23)21(11-10-16(19)22)12-13-6-2-1-3-7-13/h1-9H,10-12H2,(H2,19,22)(H,20,23). The Morgan fingerprint density at radius 2 is 1.78 bits per heavy atom. The van der Waals surface area contributed by atoms with Gasteiger partial charge in [-0.25, -0.2) is 4.39 Å². The molecule has 0 saturated heterocycles. The first kappa shape index (κ1) is 16.9. The fraction of sp³-hybridized carbons (Fsp3) is 0.176. The molecule has 23 heavy (non-hydrogen) atoms. The van der Waals surface area contributed by atoms with Crippen LogP contribution >= 0.6 is 12.2 Å². The summed E-state index contributed by atoms with van der Waals surface area (Å²) in [5.74, 6) is -0.791. The molecule has 0 fully saturated rings. The Labute approximate surface area is 140 Å². The summed E-state index contributed by atoms with van der Waals surface area (Å²) in [6, 6.07) is 16.0. The van der Waals surface area contributed by atoms with Crippen molar-refractivity contribution in [3.05, 3.63) is 66.0 Å². The van der Waals surface area contributed by atoms with Crippen molar-refractivity contribution in [3.8, 4) is 0 Å². The Morgan fingerprint density at radius 1 is 1.13 bits per heavy atom. The van der Waals surface area contributed by atoms with Gasteiger partial charge in [-0.15, -0.1) is 0 Å². The maximum atomic E-state index is 13.7. The molecule has 2 aromatic rings. The zero-order valence-electron chi connectivity index (χ0n) is 12.5. The van der Waals surface area contributed by atoms with E-state index in [-0.39, 0.29) is 12.2 Å². The third-order valence-electron chi connectivity index (χ3n) is 3.25. The molecule has 0 unspecified atom stereocenters. The van der Waals surface area contributed by atoms with Crippen LogP contribution < -0.4 is 11.1 Å². The molecule has 0 bridgehead atoms. The van der Waals surface area contributed by atoms with Crippen LogP contribution in [0.1, 0.15) is 12.0 Å². The second kappa shape index (κ2) is 8.24. The summed E-state index contributed by atoms with van der Waals surface area (Å²) < 4.78 is 13.7. The number of nitrogens with two attached hydrogens (primary N) is 1. The number of para-hydroxylation sites is 1. The molecule has 1 amide bonds. The van der Waals surface area contributed by atoms with Crippen molar-refractivity contribution in [1.82, 2.24) is 4.90 Å². The number of primary amides is 1. The number of nitrogens with zero attached hydrogens (tertiary/aromatic N) is 1. The van der Waals surface area contributed by atoms with Gasteiger partial charge in [0.1, 0.15) is 5.82 Å².